The van der Waals surface area contributed by atoms with Gasteiger partial charge < -0.3 is 23.4 Å². The summed E-state index contributed by atoms with van der Waals surface area (Å²) in [6.07, 6.45) is 1.63. The zero-order valence-corrected chi connectivity index (χ0v) is 26.6. The van der Waals surface area contributed by atoms with Gasteiger partial charge in [0.2, 0.25) is 5.88 Å². The largest absolute Gasteiger partial charge is 0.497 e. The van der Waals surface area contributed by atoms with Crippen molar-refractivity contribution in [3.63, 3.8) is 0 Å². The molecular weight excluding hydrogens is 644 g/mol. The Hall–Kier alpha value is -4.71. The fourth-order valence-corrected chi connectivity index (χ4v) is 5.23. The van der Waals surface area contributed by atoms with E-state index in [4.69, 9.17) is 35.0 Å². The van der Waals surface area contributed by atoms with Crippen molar-refractivity contribution in [1.82, 2.24) is 0 Å². The molecule has 0 bridgehead atoms. The third-order valence-electron chi connectivity index (χ3n) is 6.69. The first-order valence-electron chi connectivity index (χ1n) is 13.7. The molecule has 0 aliphatic carbocycles. The SMILES string of the molecule is CCOc1cc(C=Nc2oc(-c3ccc(OC)cc3)c(-c3ccc(OC)cc3)c2C#N)cc(Br)c1OCc1ccc(Cl)cc1. The van der Waals surface area contributed by atoms with Gasteiger partial charge in [-0.2, -0.15) is 5.26 Å². The van der Waals surface area contributed by atoms with Crippen molar-refractivity contribution in [2.75, 3.05) is 20.8 Å². The van der Waals surface area contributed by atoms with E-state index in [0.717, 1.165) is 22.3 Å². The maximum absolute atomic E-state index is 10.3. The van der Waals surface area contributed by atoms with Crippen LogP contribution < -0.4 is 18.9 Å². The minimum absolute atomic E-state index is 0.182. The molecule has 44 heavy (non-hydrogen) atoms. The van der Waals surface area contributed by atoms with Crippen LogP contribution in [0.1, 0.15) is 23.6 Å². The van der Waals surface area contributed by atoms with Gasteiger partial charge in [-0.3, -0.25) is 0 Å². The van der Waals surface area contributed by atoms with E-state index in [1.165, 1.54) is 0 Å². The highest BCUT2D eigenvalue weighted by molar-refractivity contribution is 9.10. The summed E-state index contributed by atoms with van der Waals surface area (Å²) in [6, 6.07) is 28.4. The molecule has 0 fully saturated rings. The van der Waals surface area contributed by atoms with Gasteiger partial charge >= 0.3 is 0 Å². The average Bonchev–Trinajstić information content (AvgIpc) is 3.43. The highest BCUT2D eigenvalue weighted by Gasteiger charge is 2.23. The van der Waals surface area contributed by atoms with E-state index >= 15 is 0 Å². The third kappa shape index (κ3) is 6.91. The van der Waals surface area contributed by atoms with Crippen LogP contribution in [-0.2, 0) is 6.61 Å². The minimum Gasteiger partial charge on any atom is -0.497 e. The summed E-state index contributed by atoms with van der Waals surface area (Å²) in [5.74, 6) is 3.23. The lowest BCUT2D eigenvalue weighted by Crippen LogP contribution is -2.01. The lowest BCUT2D eigenvalue weighted by Gasteiger charge is -2.14. The van der Waals surface area contributed by atoms with E-state index in [9.17, 15) is 5.26 Å². The second kappa shape index (κ2) is 14.2. The number of nitrogens with zero attached hydrogens (tertiary/aromatic N) is 2. The molecule has 0 aliphatic rings. The Morgan fingerprint density at radius 2 is 1.52 bits per heavy atom. The van der Waals surface area contributed by atoms with Gasteiger partial charge in [-0.15, -0.1) is 0 Å². The van der Waals surface area contributed by atoms with Gasteiger partial charge in [-0.1, -0.05) is 35.9 Å². The molecule has 4 aromatic carbocycles. The van der Waals surface area contributed by atoms with Crippen LogP contribution >= 0.6 is 27.5 Å². The number of rotatable bonds is 11. The Bertz CT molecular complexity index is 1810. The number of halogens is 2. The van der Waals surface area contributed by atoms with E-state index in [0.29, 0.717) is 62.6 Å². The van der Waals surface area contributed by atoms with Gasteiger partial charge in [0.1, 0.15) is 35.5 Å². The zero-order valence-electron chi connectivity index (χ0n) is 24.3. The lowest BCUT2D eigenvalue weighted by molar-refractivity contribution is 0.267. The molecule has 5 rings (SSSR count). The average molecular weight is 672 g/mol. The molecule has 0 atom stereocenters. The van der Waals surface area contributed by atoms with Gasteiger partial charge in [-0.05, 0) is 100 Å². The van der Waals surface area contributed by atoms with Gasteiger partial charge in [0.05, 0.1) is 25.3 Å². The number of benzene rings is 4. The summed E-state index contributed by atoms with van der Waals surface area (Å²) in [5, 5.41) is 10.9. The molecule has 0 N–H and O–H groups in total. The smallest absolute Gasteiger partial charge is 0.238 e. The van der Waals surface area contributed by atoms with Crippen molar-refractivity contribution in [3.05, 3.63) is 111 Å². The number of methoxy groups -OCH3 is 2. The summed E-state index contributed by atoms with van der Waals surface area (Å²) in [6.45, 7) is 2.68. The maximum atomic E-state index is 10.3. The van der Waals surface area contributed by atoms with Crippen LogP contribution in [0, 0.1) is 11.3 Å². The van der Waals surface area contributed by atoms with Crippen LogP contribution in [0.4, 0.5) is 5.88 Å². The molecule has 0 amide bonds. The third-order valence-corrected chi connectivity index (χ3v) is 7.53. The minimum atomic E-state index is 0.182. The molecule has 1 aromatic heterocycles. The Labute approximate surface area is 269 Å². The second-order valence-corrected chi connectivity index (χ2v) is 10.8. The van der Waals surface area contributed by atoms with Crippen LogP contribution in [0.3, 0.4) is 0 Å². The first kappa shape index (κ1) is 30.7. The Kier molecular flexibility index (Phi) is 9.90. The van der Waals surface area contributed by atoms with Crippen molar-refractivity contribution in [3.8, 4) is 51.5 Å². The van der Waals surface area contributed by atoms with Crippen molar-refractivity contribution in [1.29, 1.82) is 5.26 Å². The number of hydrogen-bond donors (Lipinski definition) is 0. The van der Waals surface area contributed by atoms with E-state index in [1.54, 1.807) is 20.4 Å². The van der Waals surface area contributed by atoms with Crippen molar-refractivity contribution in [2.24, 2.45) is 4.99 Å². The molecule has 7 nitrogen and oxygen atoms in total. The van der Waals surface area contributed by atoms with E-state index < -0.39 is 0 Å². The summed E-state index contributed by atoms with van der Waals surface area (Å²) in [5.41, 5.74) is 4.20. The number of aliphatic imine (C=N–C) groups is 1. The van der Waals surface area contributed by atoms with Crippen molar-refractivity contribution >= 4 is 39.6 Å². The number of hydrogen-bond acceptors (Lipinski definition) is 7. The predicted octanol–water partition coefficient (Wildman–Crippen LogP) is 9.65. The maximum Gasteiger partial charge on any atom is 0.238 e. The molecule has 1 heterocycles. The molecule has 0 aliphatic heterocycles. The molecule has 9 heteroatoms. The molecule has 222 valence electrons. The molecular formula is C35H28BrClN2O5. The van der Waals surface area contributed by atoms with Gasteiger partial charge in [0.15, 0.2) is 11.5 Å². The Morgan fingerprint density at radius 3 is 2.11 bits per heavy atom. The van der Waals surface area contributed by atoms with Crippen LogP contribution in [-0.4, -0.2) is 27.0 Å². The Balaban J connectivity index is 1.52. The molecule has 0 saturated carbocycles. The van der Waals surface area contributed by atoms with Crippen LogP contribution in [0.5, 0.6) is 23.0 Å². The number of nitriles is 1. The number of ether oxygens (including phenoxy) is 4. The standard InChI is InChI=1S/C35H28BrClN2O5/c1-4-42-31-18-23(17-30(36)34(31)43-21-22-5-11-26(37)12-6-22)20-39-35-29(19-38)32(24-7-13-27(40-2)14-8-24)33(44-35)25-9-15-28(41-3)16-10-25/h5-18,20H,4,21H2,1-3H3. The Morgan fingerprint density at radius 1 is 0.886 bits per heavy atom. The summed E-state index contributed by atoms with van der Waals surface area (Å²) in [4.78, 5) is 4.63. The van der Waals surface area contributed by atoms with Crippen LogP contribution in [0.2, 0.25) is 5.02 Å². The highest BCUT2D eigenvalue weighted by Crippen LogP contribution is 2.43. The molecule has 0 radical (unpaired) electrons. The number of furan rings is 1. The van der Waals surface area contributed by atoms with Gasteiger partial charge in [0.25, 0.3) is 0 Å². The van der Waals surface area contributed by atoms with E-state index in [-0.39, 0.29) is 5.88 Å². The first-order chi connectivity index (χ1) is 21.4. The van der Waals surface area contributed by atoms with E-state index in [2.05, 4.69) is 27.0 Å². The molecule has 0 saturated heterocycles. The fourth-order valence-electron chi connectivity index (χ4n) is 4.53. The van der Waals surface area contributed by atoms with Crippen LogP contribution in [0.25, 0.3) is 22.5 Å². The van der Waals surface area contributed by atoms with Crippen LogP contribution in [0.15, 0.2) is 98.8 Å². The fraction of sp³-hybridized carbons (Fsp3) is 0.143. The zero-order chi connectivity index (χ0) is 31.1. The molecule has 0 spiro atoms. The summed E-state index contributed by atoms with van der Waals surface area (Å²) >= 11 is 9.64. The second-order valence-electron chi connectivity index (χ2n) is 9.49. The van der Waals surface area contributed by atoms with E-state index in [1.807, 2.05) is 91.9 Å². The first-order valence-corrected chi connectivity index (χ1v) is 14.8. The van der Waals surface area contributed by atoms with Gasteiger partial charge in [-0.25, -0.2) is 4.99 Å². The summed E-state index contributed by atoms with van der Waals surface area (Å²) < 4.78 is 29.6. The van der Waals surface area contributed by atoms with Gasteiger partial charge in [0, 0.05) is 22.4 Å². The quantitative estimate of drug-likeness (QED) is 0.130. The predicted molar refractivity (Wildman–Crippen MR) is 176 cm³/mol. The van der Waals surface area contributed by atoms with Crippen molar-refractivity contribution in [2.45, 2.75) is 13.5 Å². The highest BCUT2D eigenvalue weighted by atomic mass is 79.9. The lowest BCUT2D eigenvalue weighted by atomic mass is 9.98. The molecule has 0 unspecified atom stereocenters. The summed E-state index contributed by atoms with van der Waals surface area (Å²) in [7, 11) is 3.22. The molecule has 5 aromatic rings. The topological polar surface area (TPSA) is 86.2 Å². The van der Waals surface area contributed by atoms with Crippen molar-refractivity contribution < 1.29 is 23.4 Å². The normalized spacial score (nSPS) is 10.9. The monoisotopic (exact) mass is 670 g/mol.